The van der Waals surface area contributed by atoms with Crippen molar-refractivity contribution in [3.8, 4) is 0 Å². The number of likely N-dealkylation sites (N-methyl/N-ethyl adjacent to an activating group) is 6. The molecule has 2 heterocycles. The Morgan fingerprint density at radius 1 is 0.521 bits per heavy atom. The average molecular weight is 1350 g/mol. The van der Waals surface area contributed by atoms with Crippen LogP contribution >= 0.6 is 0 Å². The van der Waals surface area contributed by atoms with E-state index in [0.29, 0.717) is 0 Å². The van der Waals surface area contributed by atoms with Gasteiger partial charge in [-0.1, -0.05) is 138 Å². The third-order valence-electron chi connectivity index (χ3n) is 18.3. The molecular formula is C71H117N11O14. The van der Waals surface area contributed by atoms with Gasteiger partial charge in [0.05, 0.1) is 24.9 Å². The number of nitrogens with one attached hydrogen (secondary N) is 4. The number of nitrogens with zero attached hydrogens (tertiary/aromatic N) is 7. The van der Waals surface area contributed by atoms with Crippen LogP contribution in [0.1, 0.15) is 155 Å². The Labute approximate surface area is 571 Å². The van der Waals surface area contributed by atoms with Crippen molar-refractivity contribution >= 4 is 71.1 Å². The number of aliphatic hydroxyl groups excluding tert-OH is 2. The van der Waals surface area contributed by atoms with Crippen LogP contribution < -0.4 is 21.3 Å². The number of benzene rings is 1. The average Bonchev–Trinajstić information content (AvgIpc) is 1.33. The van der Waals surface area contributed by atoms with Gasteiger partial charge in [0.15, 0.2) is 0 Å². The quantitative estimate of drug-likeness (QED) is 0.114. The molecule has 0 saturated carbocycles. The zero-order valence-electron chi connectivity index (χ0n) is 61.3. The van der Waals surface area contributed by atoms with Crippen LogP contribution in [-0.2, 0) is 57.5 Å². The highest BCUT2D eigenvalue weighted by atomic mass is 16.5. The molecule has 0 spiro atoms. The fraction of sp³-hybridized carbons (Fsp3) is 0.704. The number of amides is 11. The van der Waals surface area contributed by atoms with Crippen molar-refractivity contribution in [3.05, 3.63) is 54.1 Å². The van der Waals surface area contributed by atoms with Crippen LogP contribution in [0, 0.1) is 35.5 Å². The first-order chi connectivity index (χ1) is 44.8. The van der Waals surface area contributed by atoms with Gasteiger partial charge in [-0.25, -0.2) is 0 Å². The number of ether oxygens (including phenoxy) is 1. The predicted molar refractivity (Wildman–Crippen MR) is 368 cm³/mol. The van der Waals surface area contributed by atoms with Gasteiger partial charge in [-0.2, -0.15) is 0 Å². The molecule has 540 valence electrons. The number of aliphatic hydroxyl groups is 2. The number of allylic oxidation sites excluding steroid dienone is 2. The van der Waals surface area contributed by atoms with Crippen molar-refractivity contribution in [1.82, 2.24) is 55.6 Å². The molecule has 11 amide bonds. The largest absolute Gasteiger partial charge is 0.391 e. The molecule has 6 N–H and O–H groups in total. The number of fused-ring (bicyclic) bond motifs is 1. The van der Waals surface area contributed by atoms with E-state index in [9.17, 15) is 34.2 Å². The summed E-state index contributed by atoms with van der Waals surface area (Å²) in [5, 5.41) is 34.7. The maximum atomic E-state index is 15.4. The lowest BCUT2D eigenvalue weighted by atomic mass is 9.91. The van der Waals surface area contributed by atoms with Crippen LogP contribution in [0.3, 0.4) is 0 Å². The number of hydrogen-bond donors (Lipinski definition) is 6. The Morgan fingerprint density at radius 3 is 1.52 bits per heavy atom. The molecule has 0 bridgehead atoms. The summed E-state index contributed by atoms with van der Waals surface area (Å²) in [5.74, 6) is -10.7. The van der Waals surface area contributed by atoms with Crippen LogP contribution in [0.2, 0.25) is 0 Å². The second-order valence-corrected chi connectivity index (χ2v) is 28.4. The Morgan fingerprint density at radius 2 is 1.01 bits per heavy atom. The number of carbonyl (C=O) groups is 11. The molecule has 0 aliphatic carbocycles. The minimum Gasteiger partial charge on any atom is -0.391 e. The van der Waals surface area contributed by atoms with Gasteiger partial charge in [-0.3, -0.25) is 52.7 Å². The van der Waals surface area contributed by atoms with E-state index in [1.165, 1.54) is 87.6 Å². The molecule has 0 aromatic heterocycles. The fourth-order valence-electron chi connectivity index (χ4n) is 12.6. The van der Waals surface area contributed by atoms with Gasteiger partial charge in [0, 0.05) is 55.3 Å². The molecule has 2 saturated heterocycles. The van der Waals surface area contributed by atoms with Crippen molar-refractivity contribution in [2.24, 2.45) is 35.5 Å². The van der Waals surface area contributed by atoms with Crippen LogP contribution in [0.4, 0.5) is 0 Å². The SMILES string of the molecule is C/C=C/C[C@@H](C)[C@@H](O)[C@H]1C(=O)N[C@@H](CC)C(=O)N2CC(OC/C=C\c3ccccc3)C[C@@H]2C(=O)N(C)C([C@@H](C)O)C(=O)N[C@@H](C(C)C)C(=O)N(C)[C@@H](CC(C)C)C(=O)N[C@@H](C)C(=O)N[C@H](C)C(=O)N(C)[C@@H](CC(C)C)C(=O)N(C)[C@@H](CC(C)C)C(=O)N(C)[C@@H](C(C)C)C(=O)N1C. The normalized spacial score (nSPS) is 27.6. The van der Waals surface area contributed by atoms with Gasteiger partial charge in [0.25, 0.3) is 0 Å². The zero-order chi connectivity index (χ0) is 73.1. The summed E-state index contributed by atoms with van der Waals surface area (Å²) in [5.41, 5.74) is 0.899. The number of hydrogen-bond acceptors (Lipinski definition) is 14. The summed E-state index contributed by atoms with van der Waals surface area (Å²) < 4.78 is 6.31. The van der Waals surface area contributed by atoms with Crippen LogP contribution in [-0.4, -0.2) is 250 Å². The number of carbonyl (C=O) groups excluding carboxylic acids is 11. The molecule has 2 aliphatic rings. The first-order valence-corrected chi connectivity index (χ1v) is 34.2. The monoisotopic (exact) mass is 1350 g/mol. The third kappa shape index (κ3) is 22.1. The predicted octanol–water partition coefficient (Wildman–Crippen LogP) is 3.84. The summed E-state index contributed by atoms with van der Waals surface area (Å²) in [4.78, 5) is 172. The Balaban J connectivity index is 2.39. The molecule has 2 fully saturated rings. The van der Waals surface area contributed by atoms with Gasteiger partial charge in [-0.15, -0.1) is 0 Å². The molecular weight excluding hydrogens is 1230 g/mol. The minimum absolute atomic E-state index is 0.0560. The molecule has 25 heteroatoms. The lowest BCUT2D eigenvalue weighted by molar-refractivity contribution is -0.157. The Bertz CT molecular complexity index is 2870. The van der Waals surface area contributed by atoms with E-state index >= 15 is 28.8 Å². The summed E-state index contributed by atoms with van der Waals surface area (Å²) >= 11 is 0. The second-order valence-electron chi connectivity index (χ2n) is 28.4. The highest BCUT2D eigenvalue weighted by Crippen LogP contribution is 2.28. The number of rotatable bonds is 18. The Kier molecular flexibility index (Phi) is 32.9. The highest BCUT2D eigenvalue weighted by Gasteiger charge is 2.49. The van der Waals surface area contributed by atoms with Crippen molar-refractivity contribution in [1.29, 1.82) is 0 Å². The van der Waals surface area contributed by atoms with Gasteiger partial charge in [-0.05, 0) is 101 Å². The molecule has 2 unspecified atom stereocenters. The van der Waals surface area contributed by atoms with Gasteiger partial charge in [0.1, 0.15) is 66.5 Å². The van der Waals surface area contributed by atoms with Crippen LogP contribution in [0.15, 0.2) is 48.6 Å². The lowest BCUT2D eigenvalue weighted by Gasteiger charge is -2.41. The van der Waals surface area contributed by atoms with E-state index in [4.69, 9.17) is 4.74 Å². The van der Waals surface area contributed by atoms with E-state index in [1.807, 2.05) is 78.0 Å². The minimum atomic E-state index is -1.68. The maximum Gasteiger partial charge on any atom is 0.246 e. The molecule has 25 nitrogen and oxygen atoms in total. The summed E-state index contributed by atoms with van der Waals surface area (Å²) in [6, 6.07) is -5.38. The van der Waals surface area contributed by atoms with Gasteiger partial charge in [0.2, 0.25) is 65.0 Å². The van der Waals surface area contributed by atoms with Crippen molar-refractivity contribution in [2.45, 2.75) is 234 Å². The van der Waals surface area contributed by atoms with Gasteiger partial charge < -0.3 is 70.5 Å². The third-order valence-corrected chi connectivity index (χ3v) is 18.3. The molecule has 2 aliphatic heterocycles. The zero-order valence-corrected chi connectivity index (χ0v) is 61.3. The highest BCUT2D eigenvalue weighted by molar-refractivity contribution is 6.00. The van der Waals surface area contributed by atoms with Crippen molar-refractivity contribution in [2.75, 3.05) is 55.4 Å². The molecule has 15 atom stereocenters. The fourth-order valence-corrected chi connectivity index (χ4v) is 12.6. The smallest absolute Gasteiger partial charge is 0.246 e. The van der Waals surface area contributed by atoms with Crippen molar-refractivity contribution in [3.63, 3.8) is 0 Å². The summed E-state index contributed by atoms with van der Waals surface area (Å²) in [6.45, 7) is 27.1. The molecule has 96 heavy (non-hydrogen) atoms. The van der Waals surface area contributed by atoms with Crippen LogP contribution in [0.5, 0.6) is 0 Å². The van der Waals surface area contributed by atoms with E-state index < -0.39 is 168 Å². The van der Waals surface area contributed by atoms with Crippen LogP contribution in [0.25, 0.3) is 6.08 Å². The summed E-state index contributed by atoms with van der Waals surface area (Å²) in [7, 11) is 8.33. The molecule has 1 aromatic rings. The molecule has 0 radical (unpaired) electrons. The molecule has 1 aromatic carbocycles. The molecule has 3 rings (SSSR count). The van der Waals surface area contributed by atoms with E-state index in [0.717, 1.165) is 15.4 Å². The maximum absolute atomic E-state index is 15.4. The van der Waals surface area contributed by atoms with E-state index in [-0.39, 0.29) is 69.4 Å². The standard InChI is InChI=1S/C71H117N11O14/c1-23-25-30-45(13)60(84)59-64(88)74-51(24-2)66(90)82-39-50(96-34-29-33-49-31-27-26-28-32-49)38-55(82)69(93)80(21)58(48(16)83)63(87)75-56(43(9)10)70(94)76(17)52(35-40(3)4)62(86)72-46(14)61(85)73-47(15)65(89)77(18)53(36-41(5)6)67(91)78(19)54(37-42(7)8)68(92)79(20)57(44(11)12)71(95)81(59)22/h23,25-29,31-33,40-48,50-60,83-84H,24,30,34-39H2,1-22H3,(H,72,86)(H,73,85)(H,74,88)(H,75,87)/b25-23+,33-29-/t45-,46+,47-,48-,50?,51+,52+,53+,54+,55-,56+,57+,58?,59+,60-/m1/s1. The second kappa shape index (κ2) is 38.0. The topological polar surface area (TPSA) is 308 Å². The van der Waals surface area contributed by atoms with E-state index in [2.05, 4.69) is 21.3 Å². The first-order valence-electron chi connectivity index (χ1n) is 34.2. The van der Waals surface area contributed by atoms with E-state index in [1.54, 1.807) is 66.7 Å². The lowest BCUT2D eigenvalue weighted by Crippen LogP contribution is -2.64. The summed E-state index contributed by atoms with van der Waals surface area (Å²) in [6.07, 6.45) is 3.78. The van der Waals surface area contributed by atoms with Crippen molar-refractivity contribution < 1.29 is 67.7 Å². The van der Waals surface area contributed by atoms with Gasteiger partial charge >= 0.3 is 0 Å². The first kappa shape index (κ1) is 83.0. The Hall–Kier alpha value is -7.25.